The molecule has 16 heavy (non-hydrogen) atoms. The predicted molar refractivity (Wildman–Crippen MR) is 78.1 cm³/mol. The number of hydrogen-bond donors (Lipinski definition) is 1. The summed E-state index contributed by atoms with van der Waals surface area (Å²) in [7, 11) is 0. The zero-order valence-electron chi connectivity index (χ0n) is 9.25. The monoisotopic (exact) mass is 344 g/mol. The highest BCUT2D eigenvalue weighted by Gasteiger charge is 2.04. The summed E-state index contributed by atoms with van der Waals surface area (Å²) in [5.41, 5.74) is 2.32. The predicted octanol–water partition coefficient (Wildman–Crippen LogP) is 3.98. The number of para-hydroxylation sites is 1. The number of thiazole rings is 1. The zero-order chi connectivity index (χ0) is 11.5. The summed E-state index contributed by atoms with van der Waals surface area (Å²) in [6, 6.07) is 8.28. The van der Waals surface area contributed by atoms with Crippen LogP contribution in [0.2, 0.25) is 0 Å². The lowest BCUT2D eigenvalue weighted by atomic mass is 10.3. The summed E-state index contributed by atoms with van der Waals surface area (Å²) in [6.07, 6.45) is 0. The molecule has 2 nitrogen and oxygen atoms in total. The van der Waals surface area contributed by atoms with E-state index in [1.165, 1.54) is 14.1 Å². The smallest absolute Gasteiger partial charge is 0.112 e. The molecule has 2 aromatic rings. The van der Waals surface area contributed by atoms with Crippen molar-refractivity contribution in [1.29, 1.82) is 0 Å². The van der Waals surface area contributed by atoms with Crippen molar-refractivity contribution in [1.82, 2.24) is 4.98 Å². The van der Waals surface area contributed by atoms with E-state index in [2.05, 4.69) is 58.9 Å². The number of aryl methyl sites for hydroxylation is 2. The first-order chi connectivity index (χ1) is 7.66. The van der Waals surface area contributed by atoms with E-state index in [1.807, 2.05) is 12.1 Å². The molecule has 4 heteroatoms. The van der Waals surface area contributed by atoms with Crippen molar-refractivity contribution < 1.29 is 0 Å². The minimum atomic E-state index is 0.805. The summed E-state index contributed by atoms with van der Waals surface area (Å²) in [4.78, 5) is 5.81. The van der Waals surface area contributed by atoms with Crippen molar-refractivity contribution in [3.8, 4) is 0 Å². The van der Waals surface area contributed by atoms with E-state index in [-0.39, 0.29) is 0 Å². The van der Waals surface area contributed by atoms with Gasteiger partial charge in [-0.05, 0) is 48.6 Å². The number of nitrogens with zero attached hydrogens (tertiary/aromatic N) is 1. The standard InChI is InChI=1S/C12H13IN2S/c1-8-9(2)16-12(15-8)7-14-11-6-4-3-5-10(11)13/h3-6,14H,7H2,1-2H3. The fourth-order valence-electron chi connectivity index (χ4n) is 1.39. The minimum absolute atomic E-state index is 0.805. The average Bonchev–Trinajstić information content (AvgIpc) is 2.57. The van der Waals surface area contributed by atoms with Gasteiger partial charge in [-0.15, -0.1) is 11.3 Å². The van der Waals surface area contributed by atoms with Crippen molar-refractivity contribution in [2.75, 3.05) is 5.32 Å². The Labute approximate surface area is 113 Å². The topological polar surface area (TPSA) is 24.9 Å². The minimum Gasteiger partial charge on any atom is -0.378 e. The second-order valence-corrected chi connectivity index (χ2v) is 6.03. The quantitative estimate of drug-likeness (QED) is 0.852. The third-order valence-corrected chi connectivity index (χ3v) is 4.39. The Bertz CT molecular complexity index is 474. The highest BCUT2D eigenvalue weighted by molar-refractivity contribution is 14.1. The summed E-state index contributed by atoms with van der Waals surface area (Å²) in [6.45, 7) is 4.98. The number of aromatic nitrogens is 1. The van der Waals surface area contributed by atoms with Crippen LogP contribution in [0.3, 0.4) is 0 Å². The first-order valence-electron chi connectivity index (χ1n) is 5.08. The van der Waals surface area contributed by atoms with Crippen LogP contribution in [-0.2, 0) is 6.54 Å². The molecule has 0 atom stereocenters. The maximum Gasteiger partial charge on any atom is 0.112 e. The zero-order valence-corrected chi connectivity index (χ0v) is 12.2. The van der Waals surface area contributed by atoms with Crippen LogP contribution in [0.1, 0.15) is 15.6 Å². The molecule has 1 aromatic carbocycles. The fourth-order valence-corrected chi connectivity index (χ4v) is 2.84. The Balaban J connectivity index is 2.05. The molecule has 0 bridgehead atoms. The SMILES string of the molecule is Cc1nc(CNc2ccccc2I)sc1C. The Hall–Kier alpha value is -0.620. The van der Waals surface area contributed by atoms with Crippen LogP contribution in [0.15, 0.2) is 24.3 Å². The van der Waals surface area contributed by atoms with E-state index in [9.17, 15) is 0 Å². The number of hydrogen-bond acceptors (Lipinski definition) is 3. The van der Waals surface area contributed by atoms with Gasteiger partial charge < -0.3 is 5.32 Å². The molecule has 0 aliphatic carbocycles. The van der Waals surface area contributed by atoms with E-state index in [1.54, 1.807) is 11.3 Å². The van der Waals surface area contributed by atoms with Crippen molar-refractivity contribution in [3.63, 3.8) is 0 Å². The first kappa shape index (κ1) is 11.9. The lowest BCUT2D eigenvalue weighted by Gasteiger charge is -2.05. The number of benzene rings is 1. The molecule has 1 heterocycles. The molecule has 2 rings (SSSR count). The molecule has 0 saturated carbocycles. The van der Waals surface area contributed by atoms with Gasteiger partial charge in [0.05, 0.1) is 12.2 Å². The second-order valence-electron chi connectivity index (χ2n) is 3.58. The molecular weight excluding hydrogens is 331 g/mol. The maximum absolute atomic E-state index is 4.51. The summed E-state index contributed by atoms with van der Waals surface area (Å²) >= 11 is 4.10. The van der Waals surface area contributed by atoms with Gasteiger partial charge in [0.1, 0.15) is 5.01 Å². The van der Waals surface area contributed by atoms with Crippen LogP contribution in [0, 0.1) is 17.4 Å². The number of halogens is 1. The Morgan fingerprint density at radius 1 is 1.31 bits per heavy atom. The van der Waals surface area contributed by atoms with Gasteiger partial charge in [0.15, 0.2) is 0 Å². The molecule has 1 N–H and O–H groups in total. The number of rotatable bonds is 3. The molecular formula is C12H13IN2S. The van der Waals surface area contributed by atoms with Crippen molar-refractivity contribution in [2.24, 2.45) is 0 Å². The lowest BCUT2D eigenvalue weighted by Crippen LogP contribution is -2.00. The van der Waals surface area contributed by atoms with Gasteiger partial charge in [-0.3, -0.25) is 0 Å². The van der Waals surface area contributed by atoms with Gasteiger partial charge in [0.2, 0.25) is 0 Å². The summed E-state index contributed by atoms with van der Waals surface area (Å²) in [5.74, 6) is 0. The largest absolute Gasteiger partial charge is 0.378 e. The van der Waals surface area contributed by atoms with Crippen molar-refractivity contribution in [3.05, 3.63) is 43.4 Å². The molecule has 0 aliphatic heterocycles. The first-order valence-corrected chi connectivity index (χ1v) is 6.97. The van der Waals surface area contributed by atoms with Gasteiger partial charge in [-0.1, -0.05) is 12.1 Å². The Morgan fingerprint density at radius 3 is 2.69 bits per heavy atom. The van der Waals surface area contributed by atoms with Gasteiger partial charge in [-0.2, -0.15) is 0 Å². The van der Waals surface area contributed by atoms with E-state index < -0.39 is 0 Å². The molecule has 0 unspecified atom stereocenters. The number of anilines is 1. The van der Waals surface area contributed by atoms with E-state index in [0.29, 0.717) is 0 Å². The van der Waals surface area contributed by atoms with Gasteiger partial charge >= 0.3 is 0 Å². The van der Waals surface area contributed by atoms with E-state index in [4.69, 9.17) is 0 Å². The van der Waals surface area contributed by atoms with Crippen molar-refractivity contribution in [2.45, 2.75) is 20.4 Å². The molecule has 0 radical (unpaired) electrons. The molecule has 0 spiro atoms. The van der Waals surface area contributed by atoms with Crippen LogP contribution in [0.25, 0.3) is 0 Å². The molecule has 0 saturated heterocycles. The molecule has 1 aromatic heterocycles. The molecule has 0 fully saturated rings. The van der Waals surface area contributed by atoms with Crippen LogP contribution in [0.5, 0.6) is 0 Å². The normalized spacial score (nSPS) is 10.4. The fraction of sp³-hybridized carbons (Fsp3) is 0.250. The number of nitrogens with one attached hydrogen (secondary N) is 1. The third kappa shape index (κ3) is 2.74. The third-order valence-electron chi connectivity index (χ3n) is 2.38. The highest BCUT2D eigenvalue weighted by atomic mass is 127. The van der Waals surface area contributed by atoms with E-state index in [0.717, 1.165) is 17.2 Å². The summed E-state index contributed by atoms with van der Waals surface area (Å²) < 4.78 is 1.24. The summed E-state index contributed by atoms with van der Waals surface area (Å²) in [5, 5.41) is 4.56. The Kier molecular flexibility index (Phi) is 3.81. The van der Waals surface area contributed by atoms with Crippen LogP contribution < -0.4 is 5.32 Å². The van der Waals surface area contributed by atoms with Crippen LogP contribution in [-0.4, -0.2) is 4.98 Å². The van der Waals surface area contributed by atoms with E-state index >= 15 is 0 Å². The Morgan fingerprint density at radius 2 is 2.06 bits per heavy atom. The maximum atomic E-state index is 4.51. The van der Waals surface area contributed by atoms with Gasteiger partial charge in [0.25, 0.3) is 0 Å². The second kappa shape index (κ2) is 5.14. The highest BCUT2D eigenvalue weighted by Crippen LogP contribution is 2.20. The average molecular weight is 344 g/mol. The van der Waals surface area contributed by atoms with Crippen molar-refractivity contribution >= 4 is 39.6 Å². The van der Waals surface area contributed by atoms with Gasteiger partial charge in [-0.25, -0.2) is 4.98 Å². The lowest BCUT2D eigenvalue weighted by molar-refractivity contribution is 1.07. The van der Waals surface area contributed by atoms with Gasteiger partial charge in [0, 0.05) is 14.1 Å². The molecule has 0 amide bonds. The molecule has 0 aliphatic rings. The molecule has 84 valence electrons. The van der Waals surface area contributed by atoms with Crippen LogP contribution in [0.4, 0.5) is 5.69 Å². The van der Waals surface area contributed by atoms with Crippen LogP contribution >= 0.6 is 33.9 Å².